The van der Waals surface area contributed by atoms with Gasteiger partial charge in [-0.2, -0.15) is 0 Å². The fourth-order valence-corrected chi connectivity index (χ4v) is 15.0. The average molecular weight is 1110 g/mol. The van der Waals surface area contributed by atoms with Crippen molar-refractivity contribution in [2.24, 2.45) is 34.5 Å². The van der Waals surface area contributed by atoms with E-state index in [4.69, 9.17) is 47.4 Å². The number of hydrogen-bond acceptors (Lipinski definition) is 15. The Morgan fingerprint density at radius 2 is 1.48 bits per heavy atom. The van der Waals surface area contributed by atoms with Crippen molar-refractivity contribution in [3.05, 3.63) is 59.7 Å². The molecule has 15 atom stereocenters. The Kier molecular flexibility index (Phi) is 21.5. The van der Waals surface area contributed by atoms with Crippen LogP contribution < -0.4 is 0 Å². The van der Waals surface area contributed by atoms with Crippen molar-refractivity contribution in [2.75, 3.05) is 19.8 Å². The maximum atomic E-state index is 14.9. The number of ether oxygens (including phenoxy) is 10. The highest BCUT2D eigenvalue weighted by molar-refractivity contribution is 5.89. The number of carbonyl (C=O) groups is 4. The molecule has 3 aliphatic carbocycles. The summed E-state index contributed by atoms with van der Waals surface area (Å²) in [7, 11) is 0. The Balaban J connectivity index is 1.06. The highest BCUT2D eigenvalue weighted by Crippen LogP contribution is 2.72. The van der Waals surface area contributed by atoms with Gasteiger partial charge in [-0.1, -0.05) is 156 Å². The lowest BCUT2D eigenvalue weighted by molar-refractivity contribution is -0.418. The molecule has 2 unspecified atom stereocenters. The molecule has 1 aromatic rings. The van der Waals surface area contributed by atoms with Gasteiger partial charge >= 0.3 is 24.1 Å². The summed E-state index contributed by atoms with van der Waals surface area (Å²) in [6.07, 6.45) is 14.9. The summed E-state index contributed by atoms with van der Waals surface area (Å²) < 4.78 is 63.8. The number of aliphatic hydroxyl groups is 1. The molecule has 0 amide bonds. The fourth-order valence-electron chi connectivity index (χ4n) is 15.0. The van der Waals surface area contributed by atoms with Gasteiger partial charge in [-0.3, -0.25) is 4.79 Å². The number of benzene rings is 1. The Labute approximate surface area is 472 Å². The van der Waals surface area contributed by atoms with Crippen LogP contribution in [0.4, 0.5) is 4.79 Å². The molecule has 5 fully saturated rings. The third-order valence-corrected chi connectivity index (χ3v) is 18.9. The van der Waals surface area contributed by atoms with E-state index in [9.17, 15) is 24.3 Å². The zero-order valence-corrected chi connectivity index (χ0v) is 49.8. The first-order valence-electron chi connectivity index (χ1n) is 30.3. The topological polar surface area (TPSA) is 181 Å². The van der Waals surface area contributed by atoms with Crippen molar-refractivity contribution in [2.45, 2.75) is 264 Å². The van der Waals surface area contributed by atoms with Gasteiger partial charge in [0.2, 0.25) is 6.10 Å². The van der Waals surface area contributed by atoms with Gasteiger partial charge in [-0.15, -0.1) is 0 Å². The second kappa shape index (κ2) is 27.0. The summed E-state index contributed by atoms with van der Waals surface area (Å²) in [5.41, 5.74) is -5.23. The number of fused-ring (bicyclic) bond motifs is 3. The van der Waals surface area contributed by atoms with Crippen molar-refractivity contribution in [3.8, 4) is 0 Å². The van der Waals surface area contributed by atoms with E-state index < -0.39 is 112 Å². The van der Waals surface area contributed by atoms with E-state index in [0.717, 1.165) is 19.3 Å². The maximum absolute atomic E-state index is 14.9. The molecule has 0 radical (unpaired) electrons. The molecule has 7 rings (SSSR count). The number of rotatable bonds is 29. The minimum atomic E-state index is -1.71. The van der Waals surface area contributed by atoms with Gasteiger partial charge < -0.3 is 52.5 Å². The molecular formula is C64H98O15. The molecule has 15 nitrogen and oxygen atoms in total. The molecule has 1 aromatic carbocycles. The van der Waals surface area contributed by atoms with E-state index in [1.807, 2.05) is 48.5 Å². The van der Waals surface area contributed by atoms with Crippen LogP contribution in [-0.2, 0) is 57.0 Å². The van der Waals surface area contributed by atoms with Crippen molar-refractivity contribution in [3.63, 3.8) is 0 Å². The fraction of sp³-hybridized carbons (Fsp3) is 0.781. The van der Waals surface area contributed by atoms with E-state index >= 15 is 0 Å². The summed E-state index contributed by atoms with van der Waals surface area (Å²) >= 11 is 0. The smallest absolute Gasteiger partial charge is 0.457 e. The first-order valence-corrected chi connectivity index (χ1v) is 30.3. The summed E-state index contributed by atoms with van der Waals surface area (Å²) in [5, 5.41) is 13.1. The molecule has 444 valence electrons. The molecule has 15 heteroatoms. The molecular weight excluding hydrogens is 1010 g/mol. The number of unbranched alkanes of at least 4 members (excludes halogenated alkanes) is 14. The Bertz CT molecular complexity index is 2240. The van der Waals surface area contributed by atoms with Gasteiger partial charge in [-0.05, 0) is 82.2 Å². The standard InChI is InChI=1S/C64H98O15/c1-13-15-16-17-18-19-20-21-22-23-24-25-26-27-31-34-51-70-38-47(73-51)39-71-59(68)77-53(42(5)35-41(3)4)58(67)74-48-36-63(60(9,10)69)52(43(48)6)44(7)55-62(12)49(75-50(14-2)76-55)37-61(11)64(40-72-61,79-45(8)65)54(62)56(63)78-57(66)46-32-29-28-30-33-46/h14,28-30,32-33,41-42,44,47-51,53-56,69H,2,13,15-27,31,34-40H2,1,3-12H3/t42-,44-,47?,48-,49-,50-,51?,53+,54-,55-,56-,61+,62+,63-,64+/m0/s1. The predicted octanol–water partition coefficient (Wildman–Crippen LogP) is 12.9. The molecule has 3 aliphatic heterocycles. The van der Waals surface area contributed by atoms with E-state index in [1.165, 1.54) is 90.4 Å². The third kappa shape index (κ3) is 13.5. The van der Waals surface area contributed by atoms with E-state index in [0.29, 0.717) is 24.0 Å². The molecule has 6 aliphatic rings. The van der Waals surface area contributed by atoms with Crippen LogP contribution in [0.1, 0.15) is 209 Å². The Hall–Kier alpha value is -3.86. The minimum Gasteiger partial charge on any atom is -0.457 e. The molecule has 1 N–H and O–H groups in total. The van der Waals surface area contributed by atoms with Crippen molar-refractivity contribution >= 4 is 24.1 Å². The monoisotopic (exact) mass is 1110 g/mol. The number of esters is 3. The molecule has 0 aromatic heterocycles. The van der Waals surface area contributed by atoms with Gasteiger partial charge in [0.1, 0.15) is 30.5 Å². The van der Waals surface area contributed by atoms with Gasteiger partial charge in [0, 0.05) is 37.0 Å². The minimum absolute atomic E-state index is 0.0251. The SMILES string of the molecule is C=C[C@H]1O[C@H]2C[C@@]3(C)OC[C@@]3(OC(C)=O)[C@H]3[C@H](OC(=O)c4ccccc4)[C@]4(C(C)(C)O)C[C@H](OC(=O)[C@H](OC(=O)OCC5COC(CCCCCCCCCCCCCCCCC)O5)[C@@H](C)CC(C)C)C(C)=C4[C@H](C)[C@H](O1)[C@]23C. The van der Waals surface area contributed by atoms with Crippen LogP contribution in [0.5, 0.6) is 0 Å². The summed E-state index contributed by atoms with van der Waals surface area (Å²) in [4.78, 5) is 56.8. The second-order valence-corrected chi connectivity index (χ2v) is 25.5. The first kappa shape index (κ1) is 62.7. The van der Waals surface area contributed by atoms with Crippen molar-refractivity contribution in [1.82, 2.24) is 0 Å². The van der Waals surface area contributed by atoms with Crippen molar-refractivity contribution < 1.29 is 71.7 Å². The maximum Gasteiger partial charge on any atom is 0.509 e. The van der Waals surface area contributed by atoms with Crippen molar-refractivity contribution in [1.29, 1.82) is 0 Å². The molecule has 2 saturated carbocycles. The third-order valence-electron chi connectivity index (χ3n) is 18.9. The zero-order valence-electron chi connectivity index (χ0n) is 49.8. The van der Waals surface area contributed by atoms with E-state index in [1.54, 1.807) is 50.3 Å². The molecule has 79 heavy (non-hydrogen) atoms. The second-order valence-electron chi connectivity index (χ2n) is 25.5. The molecule has 0 bridgehead atoms. The van der Waals surface area contributed by atoms with Gasteiger partial charge in [0.25, 0.3) is 0 Å². The molecule has 3 saturated heterocycles. The zero-order chi connectivity index (χ0) is 57.3. The quantitative estimate of drug-likeness (QED) is 0.0346. The van der Waals surface area contributed by atoms with Crippen LogP contribution in [-0.4, -0.2) is 115 Å². The van der Waals surface area contributed by atoms with E-state index in [2.05, 4.69) is 13.5 Å². The van der Waals surface area contributed by atoms with Gasteiger partial charge in [-0.25, -0.2) is 14.4 Å². The Morgan fingerprint density at radius 1 is 0.861 bits per heavy atom. The first-order chi connectivity index (χ1) is 37.6. The molecule has 3 heterocycles. The number of carbonyl (C=O) groups excluding carboxylic acids is 4. The van der Waals surface area contributed by atoms with Crippen LogP contribution >= 0.6 is 0 Å². The van der Waals surface area contributed by atoms with E-state index in [-0.39, 0.29) is 44.0 Å². The largest absolute Gasteiger partial charge is 0.509 e. The predicted molar refractivity (Wildman–Crippen MR) is 299 cm³/mol. The summed E-state index contributed by atoms with van der Waals surface area (Å²) in [6.45, 7) is 24.8. The lowest BCUT2D eigenvalue weighted by atomic mass is 9.46. The number of hydrogen-bond donors (Lipinski definition) is 1. The van der Waals surface area contributed by atoms with Crippen LogP contribution in [0.25, 0.3) is 0 Å². The van der Waals surface area contributed by atoms with Gasteiger partial charge in [0.15, 0.2) is 18.2 Å². The summed E-state index contributed by atoms with van der Waals surface area (Å²) in [6, 6.07) is 8.60. The highest BCUT2D eigenvalue weighted by Gasteiger charge is 2.83. The normalized spacial score (nSPS) is 33.6. The van der Waals surface area contributed by atoms with Crippen LogP contribution in [0.3, 0.4) is 0 Å². The van der Waals surface area contributed by atoms with Gasteiger partial charge in [0.05, 0.1) is 47.9 Å². The average Bonchev–Trinajstić information content (AvgIpc) is 4.09. The lowest BCUT2D eigenvalue weighted by Crippen LogP contribution is -2.84. The van der Waals surface area contributed by atoms with Crippen LogP contribution in [0.15, 0.2) is 54.1 Å². The van der Waals surface area contributed by atoms with Crippen LogP contribution in [0.2, 0.25) is 0 Å². The Morgan fingerprint density at radius 3 is 2.04 bits per heavy atom. The lowest BCUT2D eigenvalue weighted by Gasteiger charge is -2.71. The van der Waals surface area contributed by atoms with Crippen LogP contribution in [0, 0.1) is 34.5 Å². The summed E-state index contributed by atoms with van der Waals surface area (Å²) in [5.74, 6) is -3.82. The molecule has 0 spiro atoms. The highest BCUT2D eigenvalue weighted by atomic mass is 16.8.